The highest BCUT2D eigenvalue weighted by molar-refractivity contribution is 7.99. The molecule has 14 nitrogen and oxygen atoms in total. The van der Waals surface area contributed by atoms with Gasteiger partial charge in [-0.2, -0.15) is 11.8 Å². The molecule has 0 aromatic carbocycles. The molecule has 0 radical (unpaired) electrons. The third-order valence-corrected chi connectivity index (χ3v) is 5.79. The van der Waals surface area contributed by atoms with Crippen molar-refractivity contribution in [3.63, 3.8) is 0 Å². The summed E-state index contributed by atoms with van der Waals surface area (Å²) in [5, 5.41) is 27.9. The van der Waals surface area contributed by atoms with Crippen molar-refractivity contribution in [2.45, 2.75) is 81.8 Å². The van der Waals surface area contributed by atoms with Gasteiger partial charge < -0.3 is 43.6 Å². The Kier molecular flexibility index (Phi) is 18.2. The highest BCUT2D eigenvalue weighted by Crippen LogP contribution is 2.16. The average molecular weight is 538 g/mol. The van der Waals surface area contributed by atoms with Crippen LogP contribution in [-0.4, -0.2) is 86.5 Å². The highest BCUT2D eigenvalue weighted by atomic mass is 32.2. The Morgan fingerprint density at radius 1 is 0.778 bits per heavy atom. The van der Waals surface area contributed by atoms with Gasteiger partial charge in [0.05, 0.1) is 11.3 Å². The summed E-state index contributed by atoms with van der Waals surface area (Å²) in [5.74, 6) is -4.64. The van der Waals surface area contributed by atoms with E-state index in [0.717, 1.165) is 0 Å². The summed E-state index contributed by atoms with van der Waals surface area (Å²) in [6.45, 7) is 3.70. The van der Waals surface area contributed by atoms with Crippen molar-refractivity contribution in [1.82, 2.24) is 5.32 Å². The maximum absolute atomic E-state index is 11.9. The van der Waals surface area contributed by atoms with Gasteiger partial charge in [0.25, 0.3) is 0 Å². The number of Topliss-reactive ketones (excluding diaryl/α,β-unsaturated/α-hetero) is 1. The Bertz CT molecular complexity index is 766. The number of ketones is 1. The van der Waals surface area contributed by atoms with Crippen LogP contribution in [0.25, 0.3) is 0 Å². The summed E-state index contributed by atoms with van der Waals surface area (Å²) in [4.78, 5) is 65.9. The quantitative estimate of drug-likeness (QED) is 0.105. The van der Waals surface area contributed by atoms with E-state index in [9.17, 15) is 28.8 Å². The van der Waals surface area contributed by atoms with Crippen molar-refractivity contribution >= 4 is 47.3 Å². The predicted molar refractivity (Wildman–Crippen MR) is 133 cm³/mol. The Labute approximate surface area is 213 Å². The zero-order valence-electron chi connectivity index (χ0n) is 20.7. The second-order valence-corrected chi connectivity index (χ2v) is 9.53. The summed E-state index contributed by atoms with van der Waals surface area (Å²) in [6, 6.07) is -3.98. The topological polar surface area (TPSA) is 279 Å². The van der Waals surface area contributed by atoms with Crippen molar-refractivity contribution in [3.05, 3.63) is 0 Å². The number of thioether (sulfide) groups is 1. The first kappa shape index (κ1) is 35.4. The fourth-order valence-corrected chi connectivity index (χ4v) is 3.52. The van der Waals surface area contributed by atoms with Crippen LogP contribution in [0, 0.1) is 5.92 Å². The molecule has 0 aromatic heterocycles. The van der Waals surface area contributed by atoms with Crippen LogP contribution in [-0.2, 0) is 28.8 Å². The summed E-state index contributed by atoms with van der Waals surface area (Å²) in [6.07, 6.45) is 2.08. The smallest absolute Gasteiger partial charge is 0.326 e. The highest BCUT2D eigenvalue weighted by Gasteiger charge is 2.28. The lowest BCUT2D eigenvalue weighted by Gasteiger charge is -2.19. The molecule has 5 atom stereocenters. The number of hydrogen-bond donors (Lipinski definition) is 8. The normalized spacial score (nSPS) is 14.9. The summed E-state index contributed by atoms with van der Waals surface area (Å²) >= 11 is 1.20. The summed E-state index contributed by atoms with van der Waals surface area (Å²) < 4.78 is 0. The van der Waals surface area contributed by atoms with Crippen molar-refractivity contribution in [2.24, 2.45) is 28.9 Å². The molecule has 36 heavy (non-hydrogen) atoms. The summed E-state index contributed by atoms with van der Waals surface area (Å²) in [5.41, 5.74) is 21.2. The van der Waals surface area contributed by atoms with Gasteiger partial charge in [-0.25, -0.2) is 4.79 Å². The predicted octanol–water partition coefficient (Wildman–Crippen LogP) is -1.52. The van der Waals surface area contributed by atoms with Gasteiger partial charge in [-0.05, 0) is 37.9 Å². The number of carboxylic acids is 3. The van der Waals surface area contributed by atoms with E-state index in [2.05, 4.69) is 5.32 Å². The second-order valence-electron chi connectivity index (χ2n) is 8.49. The second kappa shape index (κ2) is 18.5. The molecule has 0 saturated carbocycles. The Hall–Kier alpha value is -2.75. The molecule has 1 unspecified atom stereocenters. The lowest BCUT2D eigenvalue weighted by Crippen LogP contribution is -2.42. The van der Waals surface area contributed by atoms with E-state index in [0.29, 0.717) is 6.42 Å². The van der Waals surface area contributed by atoms with Crippen LogP contribution in [0.4, 0.5) is 0 Å². The van der Waals surface area contributed by atoms with E-state index in [1.807, 2.05) is 13.8 Å². The van der Waals surface area contributed by atoms with Crippen molar-refractivity contribution in [1.29, 1.82) is 0 Å². The van der Waals surface area contributed by atoms with Gasteiger partial charge in [0.1, 0.15) is 18.1 Å². The SMILES string of the molecule is CC(C)C[C@H](NC(=O)CC[C@H](N)C(=O)O)C(=O)O.CSC(C[C@H](N)C(=O)O)C(=O)[C@@H](N)CCC(N)=O. The first-order chi connectivity index (χ1) is 16.5. The molecule has 0 spiro atoms. The van der Waals surface area contributed by atoms with Crippen molar-refractivity contribution in [2.75, 3.05) is 6.26 Å². The van der Waals surface area contributed by atoms with Crippen LogP contribution in [0.15, 0.2) is 0 Å². The van der Waals surface area contributed by atoms with Gasteiger partial charge in [0.15, 0.2) is 5.78 Å². The minimum atomic E-state index is -1.18. The molecule has 0 aliphatic heterocycles. The maximum Gasteiger partial charge on any atom is 0.326 e. The van der Waals surface area contributed by atoms with Crippen LogP contribution in [0.2, 0.25) is 0 Å². The van der Waals surface area contributed by atoms with Crippen molar-refractivity contribution < 1.29 is 44.1 Å². The fourth-order valence-electron chi connectivity index (χ4n) is 2.71. The van der Waals surface area contributed by atoms with E-state index >= 15 is 0 Å². The molecule has 208 valence electrons. The lowest BCUT2D eigenvalue weighted by molar-refractivity contribution is -0.142. The number of carbonyl (C=O) groups is 6. The monoisotopic (exact) mass is 537 g/mol. The van der Waals surface area contributed by atoms with Gasteiger partial charge >= 0.3 is 17.9 Å². The van der Waals surface area contributed by atoms with Crippen LogP contribution in [0.1, 0.15) is 52.4 Å². The van der Waals surface area contributed by atoms with Gasteiger partial charge in [-0.1, -0.05) is 13.8 Å². The molecule has 0 aliphatic carbocycles. The largest absolute Gasteiger partial charge is 0.480 e. The van der Waals surface area contributed by atoms with Gasteiger partial charge in [-0.15, -0.1) is 0 Å². The molecule has 0 fully saturated rings. The number of aliphatic carboxylic acids is 3. The van der Waals surface area contributed by atoms with Gasteiger partial charge in [0.2, 0.25) is 11.8 Å². The minimum absolute atomic E-state index is 0.0135. The van der Waals surface area contributed by atoms with E-state index < -0.39 is 59.1 Å². The molecule has 0 heterocycles. The van der Waals surface area contributed by atoms with Crippen molar-refractivity contribution in [3.8, 4) is 0 Å². The van der Waals surface area contributed by atoms with Crippen LogP contribution in [0.3, 0.4) is 0 Å². The Morgan fingerprint density at radius 2 is 1.28 bits per heavy atom. The summed E-state index contributed by atoms with van der Waals surface area (Å²) in [7, 11) is 0. The number of nitrogens with one attached hydrogen (secondary N) is 1. The van der Waals surface area contributed by atoms with Gasteiger partial charge in [0, 0.05) is 12.8 Å². The van der Waals surface area contributed by atoms with Crippen LogP contribution in [0.5, 0.6) is 0 Å². The zero-order valence-corrected chi connectivity index (χ0v) is 21.5. The molecule has 12 N–H and O–H groups in total. The van der Waals surface area contributed by atoms with Crippen LogP contribution < -0.4 is 28.3 Å². The van der Waals surface area contributed by atoms with Crippen LogP contribution >= 0.6 is 11.8 Å². The number of hydrogen-bond acceptors (Lipinski definition) is 10. The van der Waals surface area contributed by atoms with E-state index in [1.54, 1.807) is 6.26 Å². The number of nitrogens with two attached hydrogens (primary N) is 4. The number of rotatable bonds is 17. The molecule has 0 aliphatic rings. The third kappa shape index (κ3) is 16.8. The van der Waals surface area contributed by atoms with E-state index in [-0.39, 0.29) is 43.8 Å². The van der Waals surface area contributed by atoms with E-state index in [1.165, 1.54) is 11.8 Å². The Morgan fingerprint density at radius 3 is 1.67 bits per heavy atom. The molecule has 0 rings (SSSR count). The van der Waals surface area contributed by atoms with E-state index in [4.69, 9.17) is 38.3 Å². The minimum Gasteiger partial charge on any atom is -0.480 e. The first-order valence-electron chi connectivity index (χ1n) is 11.1. The number of amides is 2. The first-order valence-corrected chi connectivity index (χ1v) is 12.4. The number of primary amides is 1. The maximum atomic E-state index is 11.9. The molecule has 2 amide bonds. The molecule has 15 heteroatoms. The standard InChI is InChI=1S/C11H20N2O5.C10H19N3O4S/c1-6(2)5-8(11(17)18)13-9(14)4-3-7(12)10(15)16;1-18-7(4-6(12)10(16)17)9(15)5(11)2-3-8(13)14/h6-8H,3-5,12H2,1-2H3,(H,13,14)(H,15,16)(H,17,18);5-7H,2-4,11-12H2,1H3,(H2,13,14)(H,16,17)/t7-,8-;5-,6-,7?/m00/s1. The molecule has 0 aromatic rings. The lowest BCUT2D eigenvalue weighted by atomic mass is 10.0. The average Bonchev–Trinajstić information content (AvgIpc) is 2.77. The number of carboxylic acid groups (broad SMARTS) is 3. The molecular formula is C21H39N5O9S. The Balaban J connectivity index is 0. The molecule has 0 saturated heterocycles. The molecule has 0 bridgehead atoms. The third-order valence-electron chi connectivity index (χ3n) is 4.79. The zero-order chi connectivity index (χ0) is 28.6. The number of carbonyl (C=O) groups excluding carboxylic acids is 3. The fraction of sp³-hybridized carbons (Fsp3) is 0.714. The van der Waals surface area contributed by atoms with Gasteiger partial charge in [-0.3, -0.25) is 24.0 Å². The molecular weight excluding hydrogens is 498 g/mol.